The van der Waals surface area contributed by atoms with Crippen LogP contribution in [0, 0.1) is 23.0 Å². The van der Waals surface area contributed by atoms with Crippen molar-refractivity contribution in [3.05, 3.63) is 29.3 Å². The number of halogens is 2. The molecule has 0 aromatic heterocycles. The summed E-state index contributed by atoms with van der Waals surface area (Å²) < 4.78 is 26.7. The first kappa shape index (κ1) is 12.9. The summed E-state index contributed by atoms with van der Waals surface area (Å²) in [7, 11) is 0. The van der Waals surface area contributed by atoms with E-state index in [1.165, 1.54) is 0 Å². The number of likely N-dealkylation sites (N-methyl/N-ethyl adjacent to an activating group) is 1. The molecule has 1 rings (SSSR count). The quantitative estimate of drug-likeness (QED) is 0.834. The van der Waals surface area contributed by atoms with Gasteiger partial charge in [-0.25, -0.2) is 8.78 Å². The minimum atomic E-state index is -0.897. The Labute approximate surface area is 97.2 Å². The minimum absolute atomic E-state index is 0.108. The van der Waals surface area contributed by atoms with Crippen molar-refractivity contribution in [1.82, 2.24) is 5.32 Å². The highest BCUT2D eigenvalue weighted by Crippen LogP contribution is 2.20. The fourth-order valence-electron chi connectivity index (χ4n) is 1.23. The molecule has 0 unspecified atom stereocenters. The summed E-state index contributed by atoms with van der Waals surface area (Å²) >= 11 is 0. The summed E-state index contributed by atoms with van der Waals surface area (Å²) in [4.78, 5) is 11.1. The van der Waals surface area contributed by atoms with Gasteiger partial charge in [-0.15, -0.1) is 0 Å². The number of nitrogens with one attached hydrogen (secondary N) is 2. The zero-order chi connectivity index (χ0) is 12.8. The van der Waals surface area contributed by atoms with Crippen LogP contribution in [0.3, 0.4) is 0 Å². The molecule has 0 spiro atoms. The van der Waals surface area contributed by atoms with E-state index in [-0.39, 0.29) is 18.0 Å². The molecule has 0 aliphatic rings. The van der Waals surface area contributed by atoms with Gasteiger partial charge in [-0.3, -0.25) is 4.79 Å². The average molecular weight is 239 g/mol. The Bertz CT molecular complexity index is 445. The molecule has 90 valence electrons. The van der Waals surface area contributed by atoms with Crippen LogP contribution < -0.4 is 10.6 Å². The summed E-state index contributed by atoms with van der Waals surface area (Å²) in [6.07, 6.45) is 0. The van der Waals surface area contributed by atoms with Crippen LogP contribution in [0.1, 0.15) is 12.5 Å². The van der Waals surface area contributed by atoms with Gasteiger partial charge in [-0.1, -0.05) is 0 Å². The lowest BCUT2D eigenvalue weighted by atomic mass is 10.2. The normalized spacial score (nSPS) is 9.53. The first-order chi connectivity index (χ1) is 8.08. The van der Waals surface area contributed by atoms with Crippen molar-refractivity contribution in [2.75, 3.05) is 18.4 Å². The van der Waals surface area contributed by atoms with Gasteiger partial charge >= 0.3 is 0 Å². The van der Waals surface area contributed by atoms with Gasteiger partial charge in [0.2, 0.25) is 5.91 Å². The van der Waals surface area contributed by atoms with Gasteiger partial charge < -0.3 is 10.6 Å². The van der Waals surface area contributed by atoms with Crippen molar-refractivity contribution in [2.45, 2.75) is 6.92 Å². The summed E-state index contributed by atoms with van der Waals surface area (Å²) in [6, 6.07) is 3.45. The maximum Gasteiger partial charge on any atom is 0.239 e. The van der Waals surface area contributed by atoms with E-state index < -0.39 is 17.3 Å². The highest BCUT2D eigenvalue weighted by atomic mass is 19.1. The fourth-order valence-corrected chi connectivity index (χ4v) is 1.23. The number of carbonyl (C=O) groups excluding carboxylic acids is 1. The Morgan fingerprint density at radius 3 is 2.47 bits per heavy atom. The predicted octanol–water partition coefficient (Wildman–Crippen LogP) is 1.38. The zero-order valence-corrected chi connectivity index (χ0v) is 9.18. The van der Waals surface area contributed by atoms with Crippen LogP contribution in [0.2, 0.25) is 0 Å². The van der Waals surface area contributed by atoms with Gasteiger partial charge in [-0.2, -0.15) is 5.26 Å². The summed E-state index contributed by atoms with van der Waals surface area (Å²) in [5.74, 6) is -2.16. The summed E-state index contributed by atoms with van der Waals surface area (Å²) in [5, 5.41) is 13.3. The van der Waals surface area contributed by atoms with E-state index in [9.17, 15) is 13.6 Å². The number of carbonyl (C=O) groups is 1. The molecule has 0 fully saturated rings. The van der Waals surface area contributed by atoms with E-state index in [0.717, 1.165) is 12.1 Å². The second-order valence-electron chi connectivity index (χ2n) is 3.23. The Hall–Kier alpha value is -2.16. The van der Waals surface area contributed by atoms with Crippen LogP contribution in [0.4, 0.5) is 14.5 Å². The molecule has 0 saturated heterocycles. The maximum atomic E-state index is 13.3. The maximum absolute atomic E-state index is 13.3. The number of benzene rings is 1. The van der Waals surface area contributed by atoms with Crippen molar-refractivity contribution in [3.8, 4) is 6.07 Å². The Balaban J connectivity index is 2.79. The van der Waals surface area contributed by atoms with Crippen LogP contribution in [0.25, 0.3) is 0 Å². The van der Waals surface area contributed by atoms with E-state index in [1.807, 2.05) is 0 Å². The molecule has 0 heterocycles. The highest BCUT2D eigenvalue weighted by Gasteiger charge is 2.11. The third-order valence-electron chi connectivity index (χ3n) is 1.97. The summed E-state index contributed by atoms with van der Waals surface area (Å²) in [6.45, 7) is 1.95. The molecule has 0 radical (unpaired) electrons. The molecule has 0 aliphatic heterocycles. The van der Waals surface area contributed by atoms with Crippen molar-refractivity contribution < 1.29 is 13.6 Å². The van der Waals surface area contributed by atoms with Gasteiger partial charge in [0.1, 0.15) is 5.69 Å². The molecule has 0 saturated carbocycles. The highest BCUT2D eigenvalue weighted by molar-refractivity contribution is 5.80. The Morgan fingerprint density at radius 1 is 1.41 bits per heavy atom. The molecule has 6 heteroatoms. The third kappa shape index (κ3) is 3.41. The van der Waals surface area contributed by atoms with Gasteiger partial charge in [0.05, 0.1) is 18.2 Å². The molecular weight excluding hydrogens is 228 g/mol. The molecule has 17 heavy (non-hydrogen) atoms. The lowest BCUT2D eigenvalue weighted by molar-refractivity contribution is -0.119. The van der Waals surface area contributed by atoms with Gasteiger partial charge in [-0.05, 0) is 19.1 Å². The molecule has 1 amide bonds. The molecule has 2 N–H and O–H groups in total. The first-order valence-electron chi connectivity index (χ1n) is 4.98. The molecule has 0 bridgehead atoms. The molecule has 1 aromatic carbocycles. The molecular formula is C11H11F2N3O. The lowest BCUT2D eigenvalue weighted by Crippen LogP contribution is -2.29. The predicted molar refractivity (Wildman–Crippen MR) is 58.2 cm³/mol. The van der Waals surface area contributed by atoms with Gasteiger partial charge in [0, 0.05) is 6.54 Å². The lowest BCUT2D eigenvalue weighted by Gasteiger charge is -2.08. The zero-order valence-electron chi connectivity index (χ0n) is 9.18. The monoisotopic (exact) mass is 239 g/mol. The number of hydrogen-bond acceptors (Lipinski definition) is 3. The SMILES string of the molecule is CCNC(=O)CNc1c(F)cc(C#N)cc1F. The number of rotatable bonds is 4. The van der Waals surface area contributed by atoms with Crippen LogP contribution in [-0.4, -0.2) is 19.0 Å². The van der Waals surface area contributed by atoms with Crippen molar-refractivity contribution in [1.29, 1.82) is 5.26 Å². The number of nitriles is 1. The van der Waals surface area contributed by atoms with E-state index in [1.54, 1.807) is 13.0 Å². The van der Waals surface area contributed by atoms with Gasteiger partial charge in [0.25, 0.3) is 0 Å². The van der Waals surface area contributed by atoms with Crippen molar-refractivity contribution >= 4 is 11.6 Å². The van der Waals surface area contributed by atoms with Crippen LogP contribution in [0.5, 0.6) is 0 Å². The third-order valence-corrected chi connectivity index (χ3v) is 1.97. The second-order valence-corrected chi connectivity index (χ2v) is 3.23. The van der Waals surface area contributed by atoms with E-state index in [4.69, 9.17) is 5.26 Å². The van der Waals surface area contributed by atoms with Crippen molar-refractivity contribution in [2.24, 2.45) is 0 Å². The number of anilines is 1. The minimum Gasteiger partial charge on any atom is -0.371 e. The summed E-state index contributed by atoms with van der Waals surface area (Å²) in [5.41, 5.74) is -0.515. The molecule has 1 aromatic rings. The Kier molecular flexibility index (Phi) is 4.40. The van der Waals surface area contributed by atoms with Crippen molar-refractivity contribution in [3.63, 3.8) is 0 Å². The van der Waals surface area contributed by atoms with E-state index in [0.29, 0.717) is 6.54 Å². The van der Waals surface area contributed by atoms with E-state index in [2.05, 4.69) is 10.6 Å². The fraction of sp³-hybridized carbons (Fsp3) is 0.273. The number of nitrogens with zero attached hydrogens (tertiary/aromatic N) is 1. The molecule has 4 nitrogen and oxygen atoms in total. The first-order valence-corrected chi connectivity index (χ1v) is 4.98. The number of hydrogen-bond donors (Lipinski definition) is 2. The second kappa shape index (κ2) is 5.80. The molecule has 0 aliphatic carbocycles. The van der Waals surface area contributed by atoms with Crippen LogP contribution in [0.15, 0.2) is 12.1 Å². The van der Waals surface area contributed by atoms with Gasteiger partial charge in [0.15, 0.2) is 11.6 Å². The number of amides is 1. The standard InChI is InChI=1S/C11H11F2N3O/c1-2-15-10(17)6-16-11-8(12)3-7(5-14)4-9(11)13/h3-4,16H,2,6H2,1H3,(H,15,17). The Morgan fingerprint density at radius 2 is 2.00 bits per heavy atom. The average Bonchev–Trinajstić information content (AvgIpc) is 2.28. The van der Waals surface area contributed by atoms with Crippen LogP contribution >= 0.6 is 0 Å². The van der Waals surface area contributed by atoms with E-state index >= 15 is 0 Å². The largest absolute Gasteiger partial charge is 0.371 e. The molecule has 0 atom stereocenters. The topological polar surface area (TPSA) is 64.9 Å². The smallest absolute Gasteiger partial charge is 0.239 e. The van der Waals surface area contributed by atoms with Crippen LogP contribution in [-0.2, 0) is 4.79 Å².